The Morgan fingerprint density at radius 2 is 1.91 bits per heavy atom. The van der Waals surface area contributed by atoms with E-state index < -0.39 is 33.9 Å². The number of aryl methyl sites for hydroxylation is 1. The van der Waals surface area contributed by atoms with Gasteiger partial charge < -0.3 is 15.4 Å². The molecule has 0 radical (unpaired) electrons. The maximum atomic E-state index is 13.4. The zero-order valence-corrected chi connectivity index (χ0v) is 18.9. The van der Waals surface area contributed by atoms with E-state index in [4.69, 9.17) is 16.3 Å². The van der Waals surface area contributed by atoms with Gasteiger partial charge >= 0.3 is 11.8 Å². The Hall–Kier alpha value is -2.53. The number of benzene rings is 2. The SMILES string of the molecule is Cc1cc(F)ccc1S(=O)(=O)N1CCCO[C@@H]1CNC(=O)C(=O)NCc1ccccc1Cl. The summed E-state index contributed by atoms with van der Waals surface area (Å²) < 4.78 is 46.3. The summed E-state index contributed by atoms with van der Waals surface area (Å²) in [6, 6.07) is 10.3. The molecule has 3 rings (SSSR count). The van der Waals surface area contributed by atoms with Gasteiger partial charge in [0.2, 0.25) is 10.0 Å². The van der Waals surface area contributed by atoms with Gasteiger partial charge in [-0.25, -0.2) is 12.8 Å². The Bertz CT molecular complexity index is 1110. The van der Waals surface area contributed by atoms with Crippen LogP contribution in [0, 0.1) is 12.7 Å². The third-order valence-electron chi connectivity index (χ3n) is 4.92. The van der Waals surface area contributed by atoms with Gasteiger partial charge in [0.25, 0.3) is 0 Å². The highest BCUT2D eigenvalue weighted by atomic mass is 35.5. The second kappa shape index (κ2) is 10.4. The maximum Gasteiger partial charge on any atom is 0.309 e. The third kappa shape index (κ3) is 5.63. The predicted octanol–water partition coefficient (Wildman–Crippen LogP) is 1.96. The number of rotatable bonds is 6. The largest absolute Gasteiger partial charge is 0.360 e. The highest BCUT2D eigenvalue weighted by Crippen LogP contribution is 2.25. The average molecular weight is 484 g/mol. The number of nitrogens with zero attached hydrogens (tertiary/aromatic N) is 1. The van der Waals surface area contributed by atoms with Gasteiger partial charge in [0.15, 0.2) is 0 Å². The summed E-state index contributed by atoms with van der Waals surface area (Å²) in [5.41, 5.74) is 0.912. The summed E-state index contributed by atoms with van der Waals surface area (Å²) in [7, 11) is -4.00. The first kappa shape index (κ1) is 24.1. The number of ether oxygens (including phenoxy) is 1. The van der Waals surface area contributed by atoms with E-state index in [1.165, 1.54) is 13.0 Å². The van der Waals surface area contributed by atoms with Crippen molar-refractivity contribution in [2.24, 2.45) is 0 Å². The third-order valence-corrected chi connectivity index (χ3v) is 7.34. The first-order valence-corrected chi connectivity index (χ1v) is 11.7. The summed E-state index contributed by atoms with van der Waals surface area (Å²) in [5.74, 6) is -2.35. The van der Waals surface area contributed by atoms with E-state index in [2.05, 4.69) is 10.6 Å². The first-order chi connectivity index (χ1) is 15.2. The first-order valence-electron chi connectivity index (χ1n) is 9.89. The highest BCUT2D eigenvalue weighted by Gasteiger charge is 2.35. The van der Waals surface area contributed by atoms with Crippen LogP contribution >= 0.6 is 11.6 Å². The van der Waals surface area contributed by atoms with E-state index in [1.54, 1.807) is 24.3 Å². The predicted molar refractivity (Wildman–Crippen MR) is 116 cm³/mol. The Kier molecular flexibility index (Phi) is 7.83. The Labute approximate surface area is 190 Å². The molecule has 1 saturated heterocycles. The van der Waals surface area contributed by atoms with E-state index in [1.807, 2.05) is 0 Å². The Morgan fingerprint density at radius 1 is 1.19 bits per heavy atom. The number of amides is 2. The summed E-state index contributed by atoms with van der Waals surface area (Å²) in [4.78, 5) is 24.2. The van der Waals surface area contributed by atoms with Crippen LogP contribution in [0.15, 0.2) is 47.4 Å². The molecule has 0 bridgehead atoms. The van der Waals surface area contributed by atoms with Crippen LogP contribution in [0.25, 0.3) is 0 Å². The van der Waals surface area contributed by atoms with Crippen LogP contribution in [0.3, 0.4) is 0 Å². The fourth-order valence-corrected chi connectivity index (χ4v) is 5.26. The van der Waals surface area contributed by atoms with Crippen molar-refractivity contribution in [2.75, 3.05) is 19.7 Å². The number of carbonyl (C=O) groups is 2. The second-order valence-electron chi connectivity index (χ2n) is 7.19. The minimum absolute atomic E-state index is 0.0433. The van der Waals surface area contributed by atoms with Crippen molar-refractivity contribution in [1.29, 1.82) is 0 Å². The minimum Gasteiger partial charge on any atom is -0.360 e. The molecule has 1 atom stereocenters. The van der Waals surface area contributed by atoms with E-state index in [9.17, 15) is 22.4 Å². The molecule has 2 aromatic rings. The monoisotopic (exact) mass is 483 g/mol. The molecule has 0 spiro atoms. The molecular formula is C21H23ClFN3O5S. The highest BCUT2D eigenvalue weighted by molar-refractivity contribution is 7.89. The van der Waals surface area contributed by atoms with Gasteiger partial charge in [-0.1, -0.05) is 29.8 Å². The lowest BCUT2D eigenvalue weighted by Gasteiger charge is -2.34. The molecule has 1 fully saturated rings. The fraction of sp³-hybridized carbons (Fsp3) is 0.333. The van der Waals surface area contributed by atoms with Gasteiger partial charge in [-0.3, -0.25) is 9.59 Å². The van der Waals surface area contributed by atoms with Crippen molar-refractivity contribution < 1.29 is 27.1 Å². The normalized spacial score (nSPS) is 17.0. The number of carbonyl (C=O) groups excluding carboxylic acids is 2. The van der Waals surface area contributed by atoms with Crippen molar-refractivity contribution in [2.45, 2.75) is 31.0 Å². The van der Waals surface area contributed by atoms with Crippen molar-refractivity contribution in [3.05, 3.63) is 64.4 Å². The van der Waals surface area contributed by atoms with Crippen LogP contribution < -0.4 is 10.6 Å². The molecule has 0 unspecified atom stereocenters. The van der Waals surface area contributed by atoms with Crippen molar-refractivity contribution in [3.8, 4) is 0 Å². The molecule has 172 valence electrons. The zero-order valence-electron chi connectivity index (χ0n) is 17.3. The summed E-state index contributed by atoms with van der Waals surface area (Å²) in [6.07, 6.45) is -0.541. The lowest BCUT2D eigenvalue weighted by Crippen LogP contribution is -2.53. The van der Waals surface area contributed by atoms with Crippen LogP contribution in [0.4, 0.5) is 4.39 Å². The molecule has 2 amide bonds. The molecule has 2 aromatic carbocycles. The van der Waals surface area contributed by atoms with Gasteiger partial charge in [0, 0.05) is 18.1 Å². The Balaban J connectivity index is 1.63. The lowest BCUT2D eigenvalue weighted by molar-refractivity contribution is -0.140. The van der Waals surface area contributed by atoms with Gasteiger partial charge in [0.05, 0.1) is 18.0 Å². The van der Waals surface area contributed by atoms with Crippen LogP contribution in [0.5, 0.6) is 0 Å². The molecule has 1 heterocycles. The number of halogens is 2. The molecule has 1 aliphatic heterocycles. The zero-order chi connectivity index (χ0) is 23.3. The second-order valence-corrected chi connectivity index (χ2v) is 9.45. The molecule has 0 aromatic heterocycles. The number of nitrogens with one attached hydrogen (secondary N) is 2. The van der Waals surface area contributed by atoms with Gasteiger partial charge in [-0.2, -0.15) is 4.31 Å². The van der Waals surface area contributed by atoms with E-state index in [0.717, 1.165) is 16.4 Å². The van der Waals surface area contributed by atoms with Gasteiger partial charge in [-0.15, -0.1) is 0 Å². The molecule has 2 N–H and O–H groups in total. The smallest absolute Gasteiger partial charge is 0.309 e. The van der Waals surface area contributed by atoms with Crippen molar-refractivity contribution >= 4 is 33.4 Å². The molecule has 32 heavy (non-hydrogen) atoms. The van der Waals surface area contributed by atoms with E-state index >= 15 is 0 Å². The van der Waals surface area contributed by atoms with Crippen LogP contribution in [0.1, 0.15) is 17.5 Å². The quantitative estimate of drug-likeness (QED) is 0.611. The average Bonchev–Trinajstić information content (AvgIpc) is 2.76. The lowest BCUT2D eigenvalue weighted by atomic mass is 10.2. The minimum atomic E-state index is -4.00. The molecule has 8 nitrogen and oxygen atoms in total. The van der Waals surface area contributed by atoms with Gasteiger partial charge in [-0.05, 0) is 48.7 Å². The molecule has 0 aliphatic carbocycles. The van der Waals surface area contributed by atoms with Gasteiger partial charge in [0.1, 0.15) is 12.0 Å². The number of hydrogen-bond acceptors (Lipinski definition) is 5. The van der Waals surface area contributed by atoms with Crippen LogP contribution in [-0.4, -0.2) is 50.5 Å². The molecule has 11 heteroatoms. The van der Waals surface area contributed by atoms with Crippen LogP contribution in [-0.2, 0) is 30.9 Å². The summed E-state index contributed by atoms with van der Waals surface area (Å²) in [5, 5.41) is 5.33. The number of sulfonamides is 1. The fourth-order valence-electron chi connectivity index (χ4n) is 3.29. The summed E-state index contributed by atoms with van der Waals surface area (Å²) in [6.45, 7) is 1.81. The summed E-state index contributed by atoms with van der Waals surface area (Å²) >= 11 is 6.03. The topological polar surface area (TPSA) is 105 Å². The van der Waals surface area contributed by atoms with Crippen molar-refractivity contribution in [3.63, 3.8) is 0 Å². The molecular weight excluding hydrogens is 461 g/mol. The van der Waals surface area contributed by atoms with Crippen LogP contribution in [0.2, 0.25) is 5.02 Å². The molecule has 0 saturated carbocycles. The Morgan fingerprint density at radius 3 is 2.62 bits per heavy atom. The van der Waals surface area contributed by atoms with E-state index in [-0.39, 0.29) is 30.1 Å². The molecule has 1 aliphatic rings. The standard InChI is InChI=1S/C21H23ClFN3O5S/c1-14-11-16(23)7-8-18(14)32(29,30)26-9-4-10-31-19(26)13-25-21(28)20(27)24-12-15-5-2-3-6-17(15)22/h2-3,5-8,11,19H,4,9-10,12-13H2,1H3,(H,24,27)(H,25,28)/t19-/m1/s1. The van der Waals surface area contributed by atoms with Crippen molar-refractivity contribution in [1.82, 2.24) is 14.9 Å². The van der Waals surface area contributed by atoms with E-state index in [0.29, 0.717) is 23.6 Å². The maximum absolute atomic E-state index is 13.4. The number of hydrogen-bond donors (Lipinski definition) is 2.